The maximum absolute atomic E-state index is 10.5. The molecule has 0 aromatic carbocycles. The first-order valence-electron chi connectivity index (χ1n) is 2.79. The van der Waals surface area contributed by atoms with Gasteiger partial charge in [0.2, 0.25) is 0 Å². The summed E-state index contributed by atoms with van der Waals surface area (Å²) in [6.07, 6.45) is 0.670. The minimum Gasteiger partial charge on any atom is -0.299 e. The van der Waals surface area contributed by atoms with Crippen molar-refractivity contribution in [1.82, 2.24) is 0 Å². The van der Waals surface area contributed by atoms with Crippen molar-refractivity contribution in [2.24, 2.45) is 5.92 Å². The molecule has 1 nitrogen and oxygen atoms in total. The lowest BCUT2D eigenvalue weighted by molar-refractivity contribution is -0.117. The van der Waals surface area contributed by atoms with Gasteiger partial charge in [0.25, 0.3) is 0 Å². The van der Waals surface area contributed by atoms with Crippen LogP contribution in [0, 0.1) is 5.92 Å². The standard InChI is InChI=1S/C6H12OS/c1-5(2)3-6(7)4-8/h5,8H,3-4H2,1-2H3. The van der Waals surface area contributed by atoms with Crippen molar-refractivity contribution in [2.75, 3.05) is 5.75 Å². The monoisotopic (exact) mass is 132 g/mol. The summed E-state index contributed by atoms with van der Waals surface area (Å²) in [5.74, 6) is 1.11. The number of Topliss-reactive ketones (excluding diaryl/α,β-unsaturated/α-hetero) is 1. The van der Waals surface area contributed by atoms with E-state index in [1.54, 1.807) is 0 Å². The molecule has 0 aromatic heterocycles. The Kier molecular flexibility index (Phi) is 3.97. The van der Waals surface area contributed by atoms with Crippen LogP contribution in [-0.4, -0.2) is 11.5 Å². The van der Waals surface area contributed by atoms with Crippen LogP contribution in [0.1, 0.15) is 20.3 Å². The molecule has 48 valence electrons. The second-order valence-electron chi connectivity index (χ2n) is 2.29. The molecular weight excluding hydrogens is 120 g/mol. The molecule has 0 unspecified atom stereocenters. The van der Waals surface area contributed by atoms with E-state index in [-0.39, 0.29) is 5.78 Å². The van der Waals surface area contributed by atoms with Gasteiger partial charge < -0.3 is 0 Å². The Morgan fingerprint density at radius 2 is 2.12 bits per heavy atom. The highest BCUT2D eigenvalue weighted by Gasteiger charge is 2.00. The zero-order valence-corrected chi connectivity index (χ0v) is 6.24. The third-order valence-corrected chi connectivity index (χ3v) is 1.16. The van der Waals surface area contributed by atoms with Crippen LogP contribution in [0.2, 0.25) is 0 Å². The molecule has 0 bridgehead atoms. The highest BCUT2D eigenvalue weighted by atomic mass is 32.1. The largest absolute Gasteiger partial charge is 0.299 e. The smallest absolute Gasteiger partial charge is 0.142 e. The van der Waals surface area contributed by atoms with Crippen LogP contribution in [0.15, 0.2) is 0 Å². The molecule has 0 N–H and O–H groups in total. The van der Waals surface area contributed by atoms with E-state index in [1.165, 1.54) is 0 Å². The average molecular weight is 132 g/mol. The van der Waals surface area contributed by atoms with Crippen LogP contribution in [0.25, 0.3) is 0 Å². The number of hydrogen-bond donors (Lipinski definition) is 1. The summed E-state index contributed by atoms with van der Waals surface area (Å²) in [7, 11) is 0. The van der Waals surface area contributed by atoms with Gasteiger partial charge in [-0.25, -0.2) is 0 Å². The number of carbonyl (C=O) groups excluding carboxylic acids is 1. The predicted octanol–water partition coefficient (Wildman–Crippen LogP) is 1.53. The van der Waals surface area contributed by atoms with E-state index in [0.717, 1.165) is 0 Å². The van der Waals surface area contributed by atoms with Crippen LogP contribution in [0.4, 0.5) is 0 Å². The summed E-state index contributed by atoms with van der Waals surface area (Å²) in [4.78, 5) is 10.5. The highest BCUT2D eigenvalue weighted by Crippen LogP contribution is 1.99. The molecule has 8 heavy (non-hydrogen) atoms. The van der Waals surface area contributed by atoms with E-state index in [4.69, 9.17) is 0 Å². The van der Waals surface area contributed by atoms with Gasteiger partial charge in [-0.15, -0.1) is 0 Å². The fourth-order valence-corrected chi connectivity index (χ4v) is 0.649. The summed E-state index contributed by atoms with van der Waals surface area (Å²) >= 11 is 3.84. The normalized spacial score (nSPS) is 10.0. The molecule has 0 saturated carbocycles. The third-order valence-electron chi connectivity index (χ3n) is 0.812. The fourth-order valence-electron chi connectivity index (χ4n) is 0.520. The van der Waals surface area contributed by atoms with Crippen molar-refractivity contribution in [2.45, 2.75) is 20.3 Å². The van der Waals surface area contributed by atoms with Crippen LogP contribution in [0.5, 0.6) is 0 Å². The van der Waals surface area contributed by atoms with Crippen LogP contribution in [-0.2, 0) is 4.79 Å². The van der Waals surface area contributed by atoms with Gasteiger partial charge in [-0.1, -0.05) is 13.8 Å². The second kappa shape index (κ2) is 3.96. The van der Waals surface area contributed by atoms with Gasteiger partial charge in [0, 0.05) is 12.2 Å². The van der Waals surface area contributed by atoms with Gasteiger partial charge in [-0.2, -0.15) is 12.6 Å². The van der Waals surface area contributed by atoms with Crippen molar-refractivity contribution in [3.63, 3.8) is 0 Å². The van der Waals surface area contributed by atoms with E-state index in [0.29, 0.717) is 18.1 Å². The molecule has 0 aliphatic heterocycles. The molecule has 0 atom stereocenters. The Morgan fingerprint density at radius 3 is 2.25 bits per heavy atom. The van der Waals surface area contributed by atoms with Crippen molar-refractivity contribution in [3.05, 3.63) is 0 Å². The minimum absolute atomic E-state index is 0.239. The molecule has 0 spiro atoms. The first kappa shape index (κ1) is 8.02. The van der Waals surface area contributed by atoms with Gasteiger partial charge >= 0.3 is 0 Å². The lowest BCUT2D eigenvalue weighted by Gasteiger charge is -1.98. The Hall–Kier alpha value is 0.0200. The zero-order valence-electron chi connectivity index (χ0n) is 5.35. The molecule has 0 heterocycles. The van der Waals surface area contributed by atoms with E-state index < -0.39 is 0 Å². The van der Waals surface area contributed by atoms with Crippen LogP contribution in [0.3, 0.4) is 0 Å². The first-order valence-corrected chi connectivity index (χ1v) is 3.42. The molecule has 0 saturated heterocycles. The van der Waals surface area contributed by atoms with Crippen LogP contribution >= 0.6 is 12.6 Å². The summed E-state index contributed by atoms with van der Waals surface area (Å²) in [5.41, 5.74) is 0. The van der Waals surface area contributed by atoms with E-state index in [9.17, 15) is 4.79 Å². The van der Waals surface area contributed by atoms with E-state index in [1.807, 2.05) is 13.8 Å². The van der Waals surface area contributed by atoms with Gasteiger partial charge in [-0.05, 0) is 5.92 Å². The SMILES string of the molecule is CC(C)CC(=O)CS. The maximum atomic E-state index is 10.5. The predicted molar refractivity (Wildman–Crippen MR) is 38.3 cm³/mol. The molecule has 0 aliphatic rings. The van der Waals surface area contributed by atoms with Gasteiger partial charge in [-0.3, -0.25) is 4.79 Å². The molecular formula is C6H12OS. The van der Waals surface area contributed by atoms with Gasteiger partial charge in [0.1, 0.15) is 5.78 Å². The minimum atomic E-state index is 0.239. The van der Waals surface area contributed by atoms with Gasteiger partial charge in [0.15, 0.2) is 0 Å². The van der Waals surface area contributed by atoms with E-state index in [2.05, 4.69) is 12.6 Å². The number of ketones is 1. The molecule has 0 fully saturated rings. The quantitative estimate of drug-likeness (QED) is 0.576. The van der Waals surface area contributed by atoms with Crippen LogP contribution < -0.4 is 0 Å². The fraction of sp³-hybridized carbons (Fsp3) is 0.833. The number of rotatable bonds is 3. The molecule has 0 rings (SSSR count). The van der Waals surface area contributed by atoms with Gasteiger partial charge in [0.05, 0.1) is 0 Å². The third kappa shape index (κ3) is 4.19. The summed E-state index contributed by atoms with van der Waals surface area (Å²) in [6.45, 7) is 4.06. The van der Waals surface area contributed by atoms with Crippen molar-refractivity contribution < 1.29 is 4.79 Å². The molecule has 0 radical (unpaired) electrons. The molecule has 0 amide bonds. The molecule has 0 aliphatic carbocycles. The average Bonchev–Trinajstić information content (AvgIpc) is 1.65. The summed E-state index contributed by atoms with van der Waals surface area (Å²) in [5, 5.41) is 0. The maximum Gasteiger partial charge on any atom is 0.142 e. The highest BCUT2D eigenvalue weighted by molar-refractivity contribution is 7.81. The zero-order chi connectivity index (χ0) is 6.57. The van der Waals surface area contributed by atoms with Crippen molar-refractivity contribution in [3.8, 4) is 0 Å². The number of hydrogen-bond acceptors (Lipinski definition) is 2. The first-order chi connectivity index (χ1) is 3.66. The lowest BCUT2D eigenvalue weighted by Crippen LogP contribution is -2.02. The second-order valence-corrected chi connectivity index (χ2v) is 2.61. The Morgan fingerprint density at radius 1 is 1.62 bits per heavy atom. The van der Waals surface area contributed by atoms with Crippen molar-refractivity contribution in [1.29, 1.82) is 0 Å². The van der Waals surface area contributed by atoms with E-state index >= 15 is 0 Å². The summed E-state index contributed by atoms with van der Waals surface area (Å²) in [6, 6.07) is 0. The Bertz CT molecular complexity index is 78.6. The Labute approximate surface area is 55.9 Å². The Balaban J connectivity index is 3.25. The number of thiol groups is 1. The summed E-state index contributed by atoms with van der Waals surface area (Å²) < 4.78 is 0. The molecule has 0 aromatic rings. The number of carbonyl (C=O) groups is 1. The lowest BCUT2D eigenvalue weighted by atomic mass is 10.1. The topological polar surface area (TPSA) is 17.1 Å². The van der Waals surface area contributed by atoms with Crippen molar-refractivity contribution >= 4 is 18.4 Å². The molecule has 2 heteroatoms.